The van der Waals surface area contributed by atoms with Gasteiger partial charge in [0.1, 0.15) is 5.69 Å². The predicted octanol–water partition coefficient (Wildman–Crippen LogP) is 3.17. The van der Waals surface area contributed by atoms with Crippen molar-refractivity contribution in [3.05, 3.63) is 64.2 Å². The minimum atomic E-state index is -0.439. The van der Waals surface area contributed by atoms with E-state index in [0.29, 0.717) is 11.4 Å². The van der Waals surface area contributed by atoms with Crippen LogP contribution in [0, 0.1) is 10.1 Å². The molecule has 98 valence electrons. The number of nitro groups is 1. The topological polar surface area (TPSA) is 81.2 Å². The first-order chi connectivity index (χ1) is 9.22. The minimum Gasteiger partial charge on any atom is -0.318 e. The lowest BCUT2D eigenvalue weighted by molar-refractivity contribution is -0.384. The van der Waals surface area contributed by atoms with Crippen LogP contribution in [-0.2, 0) is 5.75 Å². The van der Waals surface area contributed by atoms with E-state index in [-0.39, 0.29) is 5.69 Å². The Hall–Kier alpha value is -2.05. The van der Waals surface area contributed by atoms with Crippen molar-refractivity contribution in [2.45, 2.75) is 10.6 Å². The van der Waals surface area contributed by atoms with Gasteiger partial charge in [0.05, 0.1) is 4.92 Å². The van der Waals surface area contributed by atoms with Crippen LogP contribution >= 0.6 is 11.8 Å². The number of hydrogen-bond donors (Lipinski definition) is 2. The number of nitrogen functional groups attached to an aromatic ring is 1. The Labute approximate surface area is 114 Å². The second kappa shape index (κ2) is 6.21. The van der Waals surface area contributed by atoms with Gasteiger partial charge in [-0.15, -0.1) is 11.8 Å². The molecule has 0 radical (unpaired) electrons. The van der Waals surface area contributed by atoms with Crippen LogP contribution in [0.15, 0.2) is 53.4 Å². The summed E-state index contributed by atoms with van der Waals surface area (Å²) in [7, 11) is 0. The molecule has 0 fully saturated rings. The maximum atomic E-state index is 10.9. The summed E-state index contributed by atoms with van der Waals surface area (Å²) >= 11 is 1.61. The van der Waals surface area contributed by atoms with E-state index in [4.69, 9.17) is 5.84 Å². The Balaban J connectivity index is 2.21. The Bertz CT molecular complexity index is 575. The fourth-order valence-electron chi connectivity index (χ4n) is 1.70. The van der Waals surface area contributed by atoms with Crippen LogP contribution in [0.3, 0.4) is 0 Å². The summed E-state index contributed by atoms with van der Waals surface area (Å²) in [6.45, 7) is 0. The van der Waals surface area contributed by atoms with E-state index in [1.807, 2.05) is 36.4 Å². The molecule has 0 saturated carbocycles. The highest BCUT2D eigenvalue weighted by Crippen LogP contribution is 2.32. The summed E-state index contributed by atoms with van der Waals surface area (Å²) in [5, 5.41) is 10.9. The predicted molar refractivity (Wildman–Crippen MR) is 76.9 cm³/mol. The average Bonchev–Trinajstić information content (AvgIpc) is 2.45. The summed E-state index contributed by atoms with van der Waals surface area (Å²) in [4.78, 5) is 11.6. The fraction of sp³-hybridized carbons (Fsp3) is 0.0769. The van der Waals surface area contributed by atoms with E-state index < -0.39 is 4.92 Å². The first-order valence-electron chi connectivity index (χ1n) is 5.63. The van der Waals surface area contributed by atoms with Crippen LogP contribution in [0.1, 0.15) is 5.56 Å². The van der Waals surface area contributed by atoms with Crippen LogP contribution in [-0.4, -0.2) is 4.92 Å². The molecule has 0 unspecified atom stereocenters. The lowest BCUT2D eigenvalue weighted by Gasteiger charge is -2.09. The van der Waals surface area contributed by atoms with Gasteiger partial charge in [-0.05, 0) is 17.7 Å². The van der Waals surface area contributed by atoms with E-state index in [2.05, 4.69) is 5.43 Å². The smallest absolute Gasteiger partial charge is 0.293 e. The molecule has 0 heterocycles. The second-order valence-electron chi connectivity index (χ2n) is 3.81. The van der Waals surface area contributed by atoms with Gasteiger partial charge in [-0.3, -0.25) is 16.0 Å². The van der Waals surface area contributed by atoms with E-state index in [1.54, 1.807) is 17.8 Å². The van der Waals surface area contributed by atoms with E-state index in [1.165, 1.54) is 6.07 Å². The van der Waals surface area contributed by atoms with Gasteiger partial charge in [0.15, 0.2) is 0 Å². The number of hydrazine groups is 1. The Kier molecular flexibility index (Phi) is 4.38. The van der Waals surface area contributed by atoms with Crippen LogP contribution in [0.25, 0.3) is 0 Å². The molecule has 5 nitrogen and oxygen atoms in total. The molecule has 0 bridgehead atoms. The van der Waals surface area contributed by atoms with Gasteiger partial charge < -0.3 is 5.43 Å². The van der Waals surface area contributed by atoms with Gasteiger partial charge in [-0.2, -0.15) is 0 Å². The molecule has 0 atom stereocenters. The van der Waals surface area contributed by atoms with E-state index >= 15 is 0 Å². The first-order valence-corrected chi connectivity index (χ1v) is 6.61. The highest BCUT2D eigenvalue weighted by atomic mass is 32.2. The molecular weight excluding hydrogens is 262 g/mol. The molecule has 19 heavy (non-hydrogen) atoms. The third-order valence-corrected chi connectivity index (χ3v) is 3.67. The van der Waals surface area contributed by atoms with E-state index in [0.717, 1.165) is 10.5 Å². The van der Waals surface area contributed by atoms with Gasteiger partial charge in [0, 0.05) is 16.7 Å². The zero-order chi connectivity index (χ0) is 13.7. The third-order valence-electron chi connectivity index (χ3n) is 2.61. The first kappa shape index (κ1) is 13.4. The summed E-state index contributed by atoms with van der Waals surface area (Å²) < 4.78 is 0. The minimum absolute atomic E-state index is 0.00587. The van der Waals surface area contributed by atoms with Gasteiger partial charge in [-0.25, -0.2) is 0 Å². The van der Waals surface area contributed by atoms with Crippen LogP contribution in [0.5, 0.6) is 0 Å². The van der Waals surface area contributed by atoms with Crippen LogP contribution in [0.2, 0.25) is 0 Å². The maximum absolute atomic E-state index is 10.9. The Morgan fingerprint density at radius 3 is 2.53 bits per heavy atom. The molecule has 0 aliphatic heterocycles. The summed E-state index contributed by atoms with van der Waals surface area (Å²) in [6.07, 6.45) is 0. The quantitative estimate of drug-likeness (QED) is 0.379. The normalized spacial score (nSPS) is 10.2. The monoisotopic (exact) mass is 275 g/mol. The fourth-order valence-corrected chi connectivity index (χ4v) is 2.62. The molecule has 0 amide bonds. The lowest BCUT2D eigenvalue weighted by atomic mass is 10.2. The Morgan fingerprint density at radius 1 is 1.16 bits per heavy atom. The number of rotatable bonds is 5. The number of nitrogens with zero attached hydrogens (tertiary/aromatic N) is 1. The maximum Gasteiger partial charge on any atom is 0.293 e. The lowest BCUT2D eigenvalue weighted by Crippen LogP contribution is -2.11. The number of thioether (sulfide) groups is 1. The number of hydrogen-bond acceptors (Lipinski definition) is 5. The largest absolute Gasteiger partial charge is 0.318 e. The average molecular weight is 275 g/mol. The standard InChI is InChI=1S/C13H13N3O2S/c14-15-13-10(5-4-8-12(13)16(17)18)9-19-11-6-2-1-3-7-11/h1-8,15H,9,14H2. The van der Waals surface area contributed by atoms with Crippen molar-refractivity contribution >= 4 is 23.1 Å². The van der Waals surface area contributed by atoms with Crippen molar-refractivity contribution in [3.63, 3.8) is 0 Å². The molecule has 2 aromatic carbocycles. The van der Waals surface area contributed by atoms with E-state index in [9.17, 15) is 10.1 Å². The number of benzene rings is 2. The van der Waals surface area contributed by atoms with Crippen molar-refractivity contribution in [3.8, 4) is 0 Å². The molecular formula is C13H13N3O2S. The molecule has 0 aliphatic carbocycles. The third kappa shape index (κ3) is 3.24. The van der Waals surface area contributed by atoms with Gasteiger partial charge in [0.2, 0.25) is 0 Å². The summed E-state index contributed by atoms with van der Waals surface area (Å²) in [5.74, 6) is 6.01. The molecule has 0 aromatic heterocycles. The van der Waals surface area contributed by atoms with Gasteiger partial charge >= 0.3 is 0 Å². The molecule has 3 N–H and O–H groups in total. The number of nitrogens with one attached hydrogen (secondary N) is 1. The van der Waals surface area contributed by atoms with Crippen LogP contribution < -0.4 is 11.3 Å². The zero-order valence-electron chi connectivity index (χ0n) is 10.1. The Morgan fingerprint density at radius 2 is 1.89 bits per heavy atom. The molecule has 6 heteroatoms. The zero-order valence-corrected chi connectivity index (χ0v) is 10.9. The summed E-state index contributed by atoms with van der Waals surface area (Å²) in [6, 6.07) is 14.8. The van der Waals surface area contributed by atoms with Crippen molar-refractivity contribution in [1.29, 1.82) is 0 Å². The second-order valence-corrected chi connectivity index (χ2v) is 4.86. The number of para-hydroxylation sites is 1. The summed E-state index contributed by atoms with van der Waals surface area (Å²) in [5.41, 5.74) is 3.60. The SMILES string of the molecule is NNc1c(CSc2ccccc2)cccc1[N+](=O)[O-]. The number of nitro benzene ring substituents is 1. The molecule has 0 spiro atoms. The van der Waals surface area contributed by atoms with Crippen LogP contribution in [0.4, 0.5) is 11.4 Å². The molecule has 2 aromatic rings. The molecule has 0 aliphatic rings. The van der Waals surface area contributed by atoms with Crippen molar-refractivity contribution in [1.82, 2.24) is 0 Å². The molecule has 0 saturated heterocycles. The van der Waals surface area contributed by atoms with Gasteiger partial charge in [0.25, 0.3) is 5.69 Å². The highest BCUT2D eigenvalue weighted by Gasteiger charge is 2.16. The number of anilines is 1. The van der Waals surface area contributed by atoms with Crippen molar-refractivity contribution in [2.75, 3.05) is 5.43 Å². The van der Waals surface area contributed by atoms with Crippen molar-refractivity contribution < 1.29 is 4.92 Å². The molecule has 2 rings (SSSR count). The number of nitrogens with two attached hydrogens (primary N) is 1. The highest BCUT2D eigenvalue weighted by molar-refractivity contribution is 7.98. The van der Waals surface area contributed by atoms with Gasteiger partial charge in [-0.1, -0.05) is 30.3 Å². The van der Waals surface area contributed by atoms with Crippen molar-refractivity contribution in [2.24, 2.45) is 5.84 Å².